The van der Waals surface area contributed by atoms with Gasteiger partial charge in [-0.3, -0.25) is 14.9 Å². The van der Waals surface area contributed by atoms with Gasteiger partial charge < -0.3 is 25.4 Å². The predicted octanol–water partition coefficient (Wildman–Crippen LogP) is 1.97. The van der Waals surface area contributed by atoms with Crippen LogP contribution >= 0.6 is 24.2 Å². The lowest BCUT2D eigenvalue weighted by Crippen LogP contribution is -2.34. The van der Waals surface area contributed by atoms with Gasteiger partial charge in [0.05, 0.1) is 19.1 Å². The largest absolute Gasteiger partial charge is 0.493 e. The number of nitrogens with two attached hydrogens (primary N) is 1. The average Bonchev–Trinajstić information content (AvgIpc) is 3.27. The van der Waals surface area contributed by atoms with E-state index in [0.29, 0.717) is 29.0 Å². The molecule has 0 aliphatic carbocycles. The van der Waals surface area contributed by atoms with Crippen molar-refractivity contribution in [3.63, 3.8) is 0 Å². The van der Waals surface area contributed by atoms with Crippen molar-refractivity contribution >= 4 is 47.1 Å². The minimum Gasteiger partial charge on any atom is -0.493 e. The summed E-state index contributed by atoms with van der Waals surface area (Å²) in [4.78, 5) is 26.1. The molecule has 3 rings (SSSR count). The lowest BCUT2D eigenvalue weighted by molar-refractivity contribution is -0.115. The minimum atomic E-state index is -0.376. The van der Waals surface area contributed by atoms with Crippen LogP contribution in [0.1, 0.15) is 18.4 Å². The number of carbonyl (C=O) groups is 2. The number of nitrogens with zero attached hydrogens (tertiary/aromatic N) is 1. The number of hydrogen-bond acceptors (Lipinski definition) is 8. The fourth-order valence-electron chi connectivity index (χ4n) is 3.39. The van der Waals surface area contributed by atoms with Crippen LogP contribution in [0.5, 0.6) is 11.5 Å². The Kier molecular flexibility index (Phi) is 8.63. The van der Waals surface area contributed by atoms with Gasteiger partial charge in [0.15, 0.2) is 11.5 Å². The maximum atomic E-state index is 12.0. The van der Waals surface area contributed by atoms with E-state index in [1.165, 1.54) is 0 Å². The molecule has 0 radical (unpaired) electrons. The Morgan fingerprint density at radius 1 is 1.31 bits per heavy atom. The maximum absolute atomic E-state index is 12.0. The van der Waals surface area contributed by atoms with Gasteiger partial charge in [-0.15, -0.1) is 12.4 Å². The topological polar surface area (TPSA) is 106 Å². The lowest BCUT2D eigenvalue weighted by atomic mass is 10.1. The van der Waals surface area contributed by atoms with E-state index in [2.05, 4.69) is 15.5 Å². The van der Waals surface area contributed by atoms with Gasteiger partial charge in [-0.1, -0.05) is 0 Å². The number of methoxy groups -OCH3 is 2. The Morgan fingerprint density at radius 2 is 2.03 bits per heavy atom. The van der Waals surface area contributed by atoms with Crippen LogP contribution in [0.3, 0.4) is 0 Å². The van der Waals surface area contributed by atoms with Gasteiger partial charge >= 0.3 is 0 Å². The van der Waals surface area contributed by atoms with Gasteiger partial charge in [-0.2, -0.15) is 0 Å². The zero-order chi connectivity index (χ0) is 20.1. The second kappa shape index (κ2) is 10.7. The number of thioether (sulfide) groups is 1. The average molecular weight is 443 g/mol. The lowest BCUT2D eigenvalue weighted by Gasteiger charge is -2.23. The summed E-state index contributed by atoms with van der Waals surface area (Å²) in [5, 5.41) is 5.47. The molecule has 0 bridgehead atoms. The molecule has 1 aromatic carbocycles. The second-order valence-electron chi connectivity index (χ2n) is 6.65. The van der Waals surface area contributed by atoms with Crippen LogP contribution in [0.2, 0.25) is 0 Å². The smallest absolute Gasteiger partial charge is 0.290 e. The van der Waals surface area contributed by atoms with E-state index in [9.17, 15) is 9.59 Å². The standard InChI is InChI=1S/C19H26N4O4S.ClH/c1-26-15-8-12(9-17-18(24)22-19(25)28-17)14(10-16(15)27-2)23-7-4-13(11-23)21-6-3-5-20;/h8-10,13,21H,3-7,11,20H2,1-2H3,(H,22,24,25);1H/b17-9-;/t13-;/m0./s1. The first kappa shape index (κ1) is 23.3. The van der Waals surface area contributed by atoms with Crippen LogP contribution in [0.4, 0.5) is 10.5 Å². The fourth-order valence-corrected chi connectivity index (χ4v) is 4.06. The van der Waals surface area contributed by atoms with Crippen LogP contribution in [-0.4, -0.2) is 57.6 Å². The third kappa shape index (κ3) is 5.57. The van der Waals surface area contributed by atoms with Gasteiger partial charge in [-0.05, 0) is 49.8 Å². The highest BCUT2D eigenvalue weighted by atomic mass is 35.5. The van der Waals surface area contributed by atoms with Crippen LogP contribution in [0, 0.1) is 0 Å². The van der Waals surface area contributed by atoms with Gasteiger partial charge in [0.2, 0.25) is 0 Å². The van der Waals surface area contributed by atoms with Crippen LogP contribution in [0.15, 0.2) is 17.0 Å². The van der Waals surface area contributed by atoms with Crippen molar-refractivity contribution in [2.24, 2.45) is 5.73 Å². The van der Waals surface area contributed by atoms with Crippen molar-refractivity contribution in [2.45, 2.75) is 18.9 Å². The maximum Gasteiger partial charge on any atom is 0.290 e. The summed E-state index contributed by atoms with van der Waals surface area (Å²) in [6, 6.07) is 4.14. The Hall–Kier alpha value is -1.94. The molecule has 8 nitrogen and oxygen atoms in total. The molecule has 2 saturated heterocycles. The van der Waals surface area contributed by atoms with E-state index >= 15 is 0 Å². The molecule has 0 aromatic heterocycles. The molecule has 29 heavy (non-hydrogen) atoms. The monoisotopic (exact) mass is 442 g/mol. The molecule has 10 heteroatoms. The van der Waals surface area contributed by atoms with Crippen molar-refractivity contribution in [3.8, 4) is 11.5 Å². The molecule has 0 saturated carbocycles. The molecular formula is C19H27ClN4O4S. The first-order chi connectivity index (χ1) is 13.5. The molecule has 2 amide bonds. The molecule has 2 heterocycles. The number of benzene rings is 1. The summed E-state index contributed by atoms with van der Waals surface area (Å²) in [6.07, 6.45) is 3.70. The Balaban J connectivity index is 0.00000300. The van der Waals surface area contributed by atoms with E-state index < -0.39 is 0 Å². The number of nitrogens with one attached hydrogen (secondary N) is 2. The Labute approximate surface area is 181 Å². The number of carbonyl (C=O) groups excluding carboxylic acids is 2. The molecule has 1 aromatic rings. The van der Waals surface area contributed by atoms with Crippen molar-refractivity contribution in [2.75, 3.05) is 45.3 Å². The van der Waals surface area contributed by atoms with Gasteiger partial charge in [0.25, 0.3) is 11.1 Å². The van der Waals surface area contributed by atoms with Gasteiger partial charge in [0.1, 0.15) is 0 Å². The highest BCUT2D eigenvalue weighted by molar-refractivity contribution is 8.18. The molecule has 4 N–H and O–H groups in total. The molecule has 2 aliphatic rings. The molecule has 1 atom stereocenters. The summed E-state index contributed by atoms with van der Waals surface area (Å²) < 4.78 is 10.9. The van der Waals surface area contributed by atoms with Crippen molar-refractivity contribution in [1.29, 1.82) is 0 Å². The summed E-state index contributed by atoms with van der Waals surface area (Å²) in [6.45, 7) is 3.30. The third-order valence-corrected chi connectivity index (χ3v) is 5.61. The number of halogens is 1. The van der Waals surface area contributed by atoms with E-state index in [1.54, 1.807) is 20.3 Å². The van der Waals surface area contributed by atoms with Crippen LogP contribution in [0.25, 0.3) is 6.08 Å². The first-order valence-corrected chi connectivity index (χ1v) is 10.1. The van der Waals surface area contributed by atoms with E-state index in [0.717, 1.165) is 55.5 Å². The first-order valence-electron chi connectivity index (χ1n) is 9.25. The highest BCUT2D eigenvalue weighted by Crippen LogP contribution is 2.39. The number of amides is 2. The van der Waals surface area contributed by atoms with Crippen molar-refractivity contribution in [3.05, 3.63) is 22.6 Å². The quantitative estimate of drug-likeness (QED) is 0.414. The second-order valence-corrected chi connectivity index (χ2v) is 7.66. The van der Waals surface area contributed by atoms with E-state index in [4.69, 9.17) is 15.2 Å². The zero-order valence-corrected chi connectivity index (χ0v) is 18.2. The summed E-state index contributed by atoms with van der Waals surface area (Å²) >= 11 is 0.904. The van der Waals surface area contributed by atoms with Crippen molar-refractivity contribution in [1.82, 2.24) is 10.6 Å². The fraction of sp³-hybridized carbons (Fsp3) is 0.474. The predicted molar refractivity (Wildman–Crippen MR) is 118 cm³/mol. The number of rotatable bonds is 8. The van der Waals surface area contributed by atoms with Crippen LogP contribution in [-0.2, 0) is 4.79 Å². The third-order valence-electron chi connectivity index (χ3n) is 4.80. The van der Waals surface area contributed by atoms with Gasteiger partial charge in [0, 0.05) is 36.4 Å². The van der Waals surface area contributed by atoms with E-state index in [-0.39, 0.29) is 23.6 Å². The van der Waals surface area contributed by atoms with Crippen LogP contribution < -0.4 is 30.7 Å². The SMILES string of the molecule is COc1cc(/C=C2\SC(=O)NC2=O)c(N2CC[C@H](NCCCN)C2)cc1OC.Cl. The summed E-state index contributed by atoms with van der Waals surface area (Å²) in [5.41, 5.74) is 7.33. The highest BCUT2D eigenvalue weighted by Gasteiger charge is 2.28. The molecule has 2 aliphatic heterocycles. The normalized spacial score (nSPS) is 20.0. The summed E-state index contributed by atoms with van der Waals surface area (Å²) in [5.74, 6) is 0.821. The van der Waals surface area contributed by atoms with E-state index in [1.807, 2.05) is 12.1 Å². The zero-order valence-electron chi connectivity index (χ0n) is 16.5. The molecule has 0 unspecified atom stereocenters. The Bertz CT molecular complexity index is 790. The summed E-state index contributed by atoms with van der Waals surface area (Å²) in [7, 11) is 3.17. The molecule has 0 spiro atoms. The molecule has 160 valence electrons. The molecular weight excluding hydrogens is 416 g/mol. The van der Waals surface area contributed by atoms with Crippen molar-refractivity contribution < 1.29 is 19.1 Å². The molecule has 2 fully saturated rings. The number of ether oxygens (including phenoxy) is 2. The number of imide groups is 1. The Morgan fingerprint density at radius 3 is 2.66 bits per heavy atom. The minimum absolute atomic E-state index is 0. The van der Waals surface area contributed by atoms with Gasteiger partial charge in [-0.25, -0.2) is 0 Å². The number of anilines is 1. The number of hydrogen-bond donors (Lipinski definition) is 3.